The summed E-state index contributed by atoms with van der Waals surface area (Å²) in [6.45, 7) is 3.84. The van der Waals surface area contributed by atoms with Crippen molar-refractivity contribution >= 4 is 32.9 Å². The SMILES string of the molecule is CCCO[C@H]1OC(COP(=O)([O-])C[C@H]2OC(COP(=O)([O-])C[C@H]3OC(CO)[C@@H](OCc4ccccc4)[C@H](OCc4ccccc4)C3NC(C)=O)[C@H](OCc3ccccc3)[C@H](OCc3ccccc3)C2NC(C)=O)[C@H](OCc2ccccc2)[C@@H](OCc2ccccc2)C1NC(C)=O. The minimum Gasteiger partial charge on any atom is -0.778 e. The van der Waals surface area contributed by atoms with Crippen molar-refractivity contribution in [2.45, 2.75) is 165 Å². The lowest BCUT2D eigenvalue weighted by Crippen LogP contribution is -2.66. The molecule has 0 radical (unpaired) electrons. The van der Waals surface area contributed by atoms with Crippen molar-refractivity contribution in [1.82, 2.24) is 16.0 Å². The number of nitrogens with one attached hydrogen (secondary N) is 3. The van der Waals surface area contributed by atoms with Crippen LogP contribution in [0, 0.1) is 0 Å². The highest BCUT2D eigenvalue weighted by Gasteiger charge is 2.53. The molecular formula is C71H87N3O20P2-2. The minimum atomic E-state index is -5.21. The van der Waals surface area contributed by atoms with Crippen LogP contribution in [0.25, 0.3) is 0 Å². The number of hydrogen-bond acceptors (Lipinski definition) is 20. The zero-order valence-corrected chi connectivity index (χ0v) is 56.1. The number of aliphatic hydroxyl groups is 1. The molecule has 3 fully saturated rings. The van der Waals surface area contributed by atoms with E-state index >= 15 is 9.46 Å². The minimum absolute atomic E-state index is 0.0135. The molecule has 3 aliphatic rings. The molecule has 0 aliphatic carbocycles. The predicted molar refractivity (Wildman–Crippen MR) is 349 cm³/mol. The van der Waals surface area contributed by atoms with E-state index in [9.17, 15) is 28.9 Å². The first-order chi connectivity index (χ1) is 46.4. The van der Waals surface area contributed by atoms with Crippen LogP contribution in [-0.4, -0.2) is 153 Å². The fraction of sp³-hybridized carbons (Fsp3) is 0.451. The number of rotatable bonds is 35. The van der Waals surface area contributed by atoms with Gasteiger partial charge in [-0.3, -0.25) is 14.4 Å². The molecule has 3 amide bonds. The summed E-state index contributed by atoms with van der Waals surface area (Å²) in [5.74, 6) is -1.54. The largest absolute Gasteiger partial charge is 0.778 e. The van der Waals surface area contributed by atoms with Crippen LogP contribution in [0.3, 0.4) is 0 Å². The molecule has 9 rings (SSSR count). The van der Waals surface area contributed by atoms with Gasteiger partial charge in [0.15, 0.2) is 6.29 Å². The van der Waals surface area contributed by atoms with Crippen molar-refractivity contribution in [3.05, 3.63) is 215 Å². The molecular weight excluding hydrogens is 1280 g/mol. The Labute approximate surface area is 560 Å². The average Bonchev–Trinajstić information content (AvgIpc) is 0.793. The van der Waals surface area contributed by atoms with Gasteiger partial charge >= 0.3 is 0 Å². The quantitative estimate of drug-likeness (QED) is 0.0296. The van der Waals surface area contributed by atoms with E-state index in [1.807, 2.05) is 177 Å². The second kappa shape index (κ2) is 37.0. The molecule has 0 bridgehead atoms. The molecule has 0 aromatic heterocycles. The normalized spacial score (nSPS) is 27.1. The Morgan fingerprint density at radius 2 is 0.667 bits per heavy atom. The van der Waals surface area contributed by atoms with Crippen molar-refractivity contribution in [3.8, 4) is 0 Å². The number of carbonyl (C=O) groups excluding carboxylic acids is 3. The lowest BCUT2D eigenvalue weighted by Gasteiger charge is -2.49. The maximum absolute atomic E-state index is 15.0. The molecule has 3 heterocycles. The number of benzene rings is 6. The Morgan fingerprint density at radius 1 is 0.396 bits per heavy atom. The molecule has 25 heteroatoms. The molecule has 6 aromatic carbocycles. The van der Waals surface area contributed by atoms with E-state index in [0.717, 1.165) is 22.3 Å². The van der Waals surface area contributed by atoms with Crippen molar-refractivity contribution < 1.29 is 94.8 Å². The zero-order valence-electron chi connectivity index (χ0n) is 54.3. The molecule has 3 saturated heterocycles. The lowest BCUT2D eigenvalue weighted by atomic mass is 9.92. The number of ether oxygens (including phenoxy) is 10. The van der Waals surface area contributed by atoms with Gasteiger partial charge < -0.3 is 96.4 Å². The average molecular weight is 1360 g/mol. The van der Waals surface area contributed by atoms with Gasteiger partial charge in [0.2, 0.25) is 17.7 Å². The van der Waals surface area contributed by atoms with Crippen molar-refractivity contribution in [3.63, 3.8) is 0 Å². The third kappa shape index (κ3) is 22.3. The molecule has 518 valence electrons. The van der Waals surface area contributed by atoms with Crippen LogP contribution in [0.5, 0.6) is 0 Å². The Hall–Kier alpha value is -6.41. The summed E-state index contributed by atoms with van der Waals surface area (Å²) in [7, 11) is -10.4. The van der Waals surface area contributed by atoms with Gasteiger partial charge in [-0.2, -0.15) is 0 Å². The van der Waals surface area contributed by atoms with Gasteiger partial charge in [-0.15, -0.1) is 0 Å². The van der Waals surface area contributed by atoms with Gasteiger partial charge in [-0.1, -0.05) is 189 Å². The highest BCUT2D eigenvalue weighted by Crippen LogP contribution is 2.46. The standard InChI is InChI=1S/C71H89N3O20P2/c1-5-36-83-71-64(74-50(4)78)70(89-43-56-34-22-11-23-35-56)67(86-40-53-28-16-8-17-29-53)59(94-71)45-91-96(81,82)47-61-63(73-49(3)77)69(88-42-55-32-20-10-21-33-55)66(85-39-52-26-14-7-15-27-52)58(93-61)44-90-95(79,80)46-60-62(72-48(2)76)68(87-41-54-30-18-9-19-31-54)65(57(37-75)92-60)84-38-51-24-12-6-13-25-51/h6-35,57-71,75H,5,36-47H2,1-4H3,(H,72,76)(H,73,77)(H,74,78)(H,79,80)(H,81,82)/p-2/t57?,58?,59?,60-,61-,62?,63?,64?,65-,66+,67+,68-,69-,70+,71+/m1/s1. The molecule has 23 nitrogen and oxygen atoms in total. The third-order valence-electron chi connectivity index (χ3n) is 16.4. The molecule has 8 unspecified atom stereocenters. The van der Waals surface area contributed by atoms with E-state index in [-0.39, 0.29) is 46.2 Å². The maximum atomic E-state index is 15.0. The van der Waals surface area contributed by atoms with Crippen LogP contribution in [0.1, 0.15) is 67.5 Å². The fourth-order valence-electron chi connectivity index (χ4n) is 12.0. The van der Waals surface area contributed by atoms with Gasteiger partial charge in [-0.25, -0.2) is 0 Å². The smallest absolute Gasteiger partial charge is 0.217 e. The second-order valence-corrected chi connectivity index (χ2v) is 27.6. The van der Waals surface area contributed by atoms with E-state index in [2.05, 4.69) is 16.0 Å². The molecule has 17 atom stereocenters. The molecule has 96 heavy (non-hydrogen) atoms. The summed E-state index contributed by atoms with van der Waals surface area (Å²) in [6.07, 6.45) is -16.0. The van der Waals surface area contributed by atoms with E-state index in [0.29, 0.717) is 17.5 Å². The highest BCUT2D eigenvalue weighted by molar-refractivity contribution is 7.51. The highest BCUT2D eigenvalue weighted by atomic mass is 31.2. The van der Waals surface area contributed by atoms with Crippen molar-refractivity contribution in [2.24, 2.45) is 0 Å². The molecule has 6 aromatic rings. The topological polar surface area (TPSA) is 299 Å². The summed E-state index contributed by atoms with van der Waals surface area (Å²) in [5.41, 5.74) is 4.54. The van der Waals surface area contributed by atoms with Crippen molar-refractivity contribution in [1.29, 1.82) is 0 Å². The van der Waals surface area contributed by atoms with Gasteiger partial charge in [0.05, 0.1) is 83.8 Å². The maximum Gasteiger partial charge on any atom is 0.217 e. The predicted octanol–water partition coefficient (Wildman–Crippen LogP) is 6.83. The molecule has 4 N–H and O–H groups in total. The molecule has 3 aliphatic heterocycles. The Balaban J connectivity index is 1.02. The first-order valence-corrected chi connectivity index (χ1v) is 35.7. The van der Waals surface area contributed by atoms with E-state index in [4.69, 9.17) is 56.4 Å². The van der Waals surface area contributed by atoms with Crippen LogP contribution in [0.2, 0.25) is 0 Å². The zero-order chi connectivity index (χ0) is 67.9. The van der Waals surface area contributed by atoms with Gasteiger partial charge in [0.25, 0.3) is 0 Å². The van der Waals surface area contributed by atoms with E-state index in [1.165, 1.54) is 20.8 Å². The van der Waals surface area contributed by atoms with Crippen LogP contribution < -0.4 is 25.7 Å². The van der Waals surface area contributed by atoms with Crippen LogP contribution in [-0.2, 0) is 120 Å². The number of amides is 3. The Bertz CT molecular complexity index is 3400. The van der Waals surface area contributed by atoms with Gasteiger partial charge in [-0.05, 0) is 39.8 Å². The summed E-state index contributed by atoms with van der Waals surface area (Å²) < 4.78 is 107. The second-order valence-electron chi connectivity index (χ2n) is 23.9. The van der Waals surface area contributed by atoms with Crippen molar-refractivity contribution in [2.75, 3.05) is 38.8 Å². The summed E-state index contributed by atoms with van der Waals surface area (Å²) in [6, 6.07) is 51.7. The lowest BCUT2D eigenvalue weighted by molar-refractivity contribution is -0.289. The molecule has 0 saturated carbocycles. The van der Waals surface area contributed by atoms with Crippen LogP contribution in [0.15, 0.2) is 182 Å². The summed E-state index contributed by atoms with van der Waals surface area (Å²) in [4.78, 5) is 69.4. The summed E-state index contributed by atoms with van der Waals surface area (Å²) >= 11 is 0. The molecule has 0 spiro atoms. The van der Waals surface area contributed by atoms with Crippen LogP contribution >= 0.6 is 15.2 Å². The first kappa shape index (κ1) is 73.8. The number of hydrogen-bond donors (Lipinski definition) is 4. The Morgan fingerprint density at radius 3 is 0.969 bits per heavy atom. The summed E-state index contributed by atoms with van der Waals surface area (Å²) in [5, 5.41) is 19.6. The third-order valence-corrected chi connectivity index (χ3v) is 19.1. The number of aliphatic hydroxyl groups excluding tert-OH is 1. The Kier molecular flexibility index (Phi) is 28.4. The fourth-order valence-corrected chi connectivity index (χ4v) is 14.4. The number of carbonyl (C=O) groups is 3. The van der Waals surface area contributed by atoms with Gasteiger partial charge in [0.1, 0.15) is 76.2 Å². The van der Waals surface area contributed by atoms with E-state index < -0.39 is 157 Å². The van der Waals surface area contributed by atoms with Gasteiger partial charge in [0, 0.05) is 39.7 Å². The van der Waals surface area contributed by atoms with Crippen LogP contribution in [0.4, 0.5) is 0 Å². The monoisotopic (exact) mass is 1360 g/mol. The first-order valence-electron chi connectivity index (χ1n) is 32.3. The van der Waals surface area contributed by atoms with E-state index in [1.54, 1.807) is 12.1 Å².